The number of benzene rings is 2. The van der Waals surface area contributed by atoms with Crippen molar-refractivity contribution >= 4 is 21.6 Å². The van der Waals surface area contributed by atoms with Crippen molar-refractivity contribution < 1.29 is 27.4 Å². The van der Waals surface area contributed by atoms with Crippen LogP contribution in [0.3, 0.4) is 0 Å². The van der Waals surface area contributed by atoms with E-state index in [1.165, 1.54) is 0 Å². The van der Waals surface area contributed by atoms with Crippen LogP contribution in [0.25, 0.3) is 0 Å². The molecular weight excluding hydrogens is 506 g/mol. The number of hydrogen-bond donors (Lipinski definition) is 1. The van der Waals surface area contributed by atoms with E-state index in [0.29, 0.717) is 41.3 Å². The Bertz CT molecular complexity index is 1190. The summed E-state index contributed by atoms with van der Waals surface area (Å²) in [6.07, 6.45) is 2.42. The smallest absolute Gasteiger partial charge is 0.246 e. The van der Waals surface area contributed by atoms with Crippen molar-refractivity contribution in [2.75, 3.05) is 58.1 Å². The minimum atomic E-state index is -3.72. The number of aryl methyl sites for hydroxylation is 2. The summed E-state index contributed by atoms with van der Waals surface area (Å²) in [6.45, 7) is 7.63. The van der Waals surface area contributed by atoms with Crippen LogP contribution in [0, 0.1) is 13.8 Å². The molecule has 10 heteroatoms. The molecule has 0 radical (unpaired) electrons. The third-order valence-electron chi connectivity index (χ3n) is 7.13. The maximum absolute atomic E-state index is 13.7. The second-order valence-electron chi connectivity index (χ2n) is 9.92. The Balaban J connectivity index is 1.31. The first-order valence-corrected chi connectivity index (χ1v) is 14.7. The number of anilines is 1. The highest BCUT2D eigenvalue weighted by molar-refractivity contribution is 7.89. The van der Waals surface area contributed by atoms with Crippen molar-refractivity contribution in [3.8, 4) is 5.75 Å². The molecule has 2 heterocycles. The number of methoxy groups -OCH3 is 1. The number of nitrogens with zero attached hydrogens (tertiary/aromatic N) is 2. The van der Waals surface area contributed by atoms with Gasteiger partial charge in [-0.3, -0.25) is 4.79 Å². The average Bonchev–Trinajstić information content (AvgIpc) is 2.92. The van der Waals surface area contributed by atoms with Crippen molar-refractivity contribution in [3.63, 3.8) is 0 Å². The van der Waals surface area contributed by atoms with Crippen LogP contribution in [0.1, 0.15) is 36.0 Å². The quantitative estimate of drug-likeness (QED) is 0.490. The van der Waals surface area contributed by atoms with E-state index in [-0.39, 0.29) is 25.2 Å². The Morgan fingerprint density at radius 2 is 1.82 bits per heavy atom. The van der Waals surface area contributed by atoms with Crippen LogP contribution >= 0.6 is 0 Å². The van der Waals surface area contributed by atoms with Crippen LogP contribution in [0.15, 0.2) is 41.3 Å². The second-order valence-corrected chi connectivity index (χ2v) is 11.7. The summed E-state index contributed by atoms with van der Waals surface area (Å²) in [5, 5.41) is 2.91. The number of sulfonamides is 1. The Morgan fingerprint density at radius 1 is 1.08 bits per heavy atom. The first-order valence-electron chi connectivity index (χ1n) is 13.2. The van der Waals surface area contributed by atoms with Gasteiger partial charge in [0.25, 0.3) is 0 Å². The molecule has 9 nitrogen and oxygen atoms in total. The van der Waals surface area contributed by atoms with Gasteiger partial charge in [-0.15, -0.1) is 0 Å². The van der Waals surface area contributed by atoms with E-state index in [1.54, 1.807) is 37.4 Å². The molecule has 0 aromatic heterocycles. The third-order valence-corrected chi connectivity index (χ3v) is 9.39. The predicted molar refractivity (Wildman–Crippen MR) is 146 cm³/mol. The minimum absolute atomic E-state index is 0.117. The fourth-order valence-electron chi connectivity index (χ4n) is 5.23. The van der Waals surface area contributed by atoms with Crippen LogP contribution in [-0.2, 0) is 30.8 Å². The molecule has 0 aliphatic carbocycles. The Labute approximate surface area is 226 Å². The molecule has 2 aliphatic rings. The monoisotopic (exact) mass is 545 g/mol. The van der Waals surface area contributed by atoms with Gasteiger partial charge < -0.3 is 24.4 Å². The van der Waals surface area contributed by atoms with Crippen molar-refractivity contribution in [2.45, 2.75) is 50.6 Å². The van der Waals surface area contributed by atoms with Crippen LogP contribution < -0.4 is 15.0 Å². The largest absolute Gasteiger partial charge is 0.497 e. The Kier molecular flexibility index (Phi) is 9.64. The van der Waals surface area contributed by atoms with Gasteiger partial charge in [0.1, 0.15) is 12.4 Å². The van der Waals surface area contributed by atoms with Gasteiger partial charge in [0.05, 0.1) is 31.8 Å². The van der Waals surface area contributed by atoms with E-state index in [4.69, 9.17) is 14.2 Å². The van der Waals surface area contributed by atoms with E-state index in [1.807, 2.05) is 12.1 Å². The molecule has 1 N–H and O–H groups in total. The number of morpholine rings is 1. The summed E-state index contributed by atoms with van der Waals surface area (Å²) >= 11 is 0. The Morgan fingerprint density at radius 3 is 2.53 bits per heavy atom. The lowest BCUT2D eigenvalue weighted by Gasteiger charge is -2.35. The van der Waals surface area contributed by atoms with Gasteiger partial charge in [0.2, 0.25) is 15.9 Å². The normalized spacial score (nSPS) is 18.8. The standard InChI is InChI=1S/C28H39N3O6S/c1-21-15-26(35-3)16-22(2)28(21)38(33,34)31-10-5-4-8-25(31)19-37-20-27(32)29-18-23-7-6-9-24(17-23)30-11-13-36-14-12-30/h6-7,9,15-17,25H,4-5,8,10-14,18-20H2,1-3H3,(H,29,32). The molecule has 0 saturated carbocycles. The van der Waals surface area contributed by atoms with Gasteiger partial charge >= 0.3 is 0 Å². The van der Waals surface area contributed by atoms with Gasteiger partial charge in [-0.05, 0) is 67.6 Å². The molecule has 2 aromatic carbocycles. The summed E-state index contributed by atoms with van der Waals surface area (Å²) in [5.41, 5.74) is 3.45. The number of nitrogens with one attached hydrogen (secondary N) is 1. The van der Waals surface area contributed by atoms with Gasteiger partial charge in [-0.1, -0.05) is 18.6 Å². The lowest BCUT2D eigenvalue weighted by molar-refractivity contribution is -0.126. The number of carbonyl (C=O) groups excluding carboxylic acids is 1. The molecule has 208 valence electrons. The third kappa shape index (κ3) is 6.85. The maximum Gasteiger partial charge on any atom is 0.246 e. The van der Waals surface area contributed by atoms with Gasteiger partial charge in [-0.2, -0.15) is 4.31 Å². The van der Waals surface area contributed by atoms with E-state index in [0.717, 1.165) is 50.4 Å². The molecule has 2 aromatic rings. The molecule has 2 fully saturated rings. The topological polar surface area (TPSA) is 97.4 Å². The second kappa shape index (κ2) is 12.9. The molecular formula is C28H39N3O6S. The predicted octanol–water partition coefficient (Wildman–Crippen LogP) is 3.02. The molecule has 1 atom stereocenters. The highest BCUT2D eigenvalue weighted by Crippen LogP contribution is 2.32. The highest BCUT2D eigenvalue weighted by Gasteiger charge is 2.35. The van der Waals surface area contributed by atoms with Crippen LogP contribution in [0.5, 0.6) is 5.75 Å². The Hall–Kier alpha value is -2.66. The van der Waals surface area contributed by atoms with Gasteiger partial charge in [0, 0.05) is 37.9 Å². The first kappa shape index (κ1) is 28.4. The van der Waals surface area contributed by atoms with Gasteiger partial charge in [-0.25, -0.2) is 8.42 Å². The first-order chi connectivity index (χ1) is 18.3. The number of carbonyl (C=O) groups is 1. The molecule has 0 bridgehead atoms. The molecule has 38 heavy (non-hydrogen) atoms. The summed E-state index contributed by atoms with van der Waals surface area (Å²) in [4.78, 5) is 15.1. The number of piperidine rings is 1. The maximum atomic E-state index is 13.7. The molecule has 0 spiro atoms. The van der Waals surface area contributed by atoms with E-state index in [9.17, 15) is 13.2 Å². The van der Waals surface area contributed by atoms with Crippen LogP contribution in [0.2, 0.25) is 0 Å². The lowest BCUT2D eigenvalue weighted by Crippen LogP contribution is -2.46. The molecule has 1 unspecified atom stereocenters. The fraction of sp³-hybridized carbons (Fsp3) is 0.536. The van der Waals surface area contributed by atoms with E-state index >= 15 is 0 Å². The van der Waals surface area contributed by atoms with Crippen molar-refractivity contribution in [1.29, 1.82) is 0 Å². The average molecular weight is 546 g/mol. The van der Waals surface area contributed by atoms with Crippen molar-refractivity contribution in [1.82, 2.24) is 9.62 Å². The molecule has 2 saturated heterocycles. The van der Waals surface area contributed by atoms with Crippen LogP contribution in [-0.4, -0.2) is 77.8 Å². The number of ether oxygens (including phenoxy) is 3. The number of amides is 1. The molecule has 2 aliphatic heterocycles. The lowest BCUT2D eigenvalue weighted by atomic mass is 10.1. The van der Waals surface area contributed by atoms with Crippen molar-refractivity contribution in [2.24, 2.45) is 0 Å². The van der Waals surface area contributed by atoms with E-state index in [2.05, 4.69) is 22.3 Å². The SMILES string of the molecule is COc1cc(C)c(S(=O)(=O)N2CCCCC2COCC(=O)NCc2cccc(N3CCOCC3)c2)c(C)c1. The summed E-state index contributed by atoms with van der Waals surface area (Å²) in [6, 6.07) is 11.3. The molecule has 4 rings (SSSR count). The van der Waals surface area contributed by atoms with Gasteiger partial charge in [0.15, 0.2) is 0 Å². The fourth-order valence-corrected chi connectivity index (χ4v) is 7.33. The zero-order valence-corrected chi connectivity index (χ0v) is 23.4. The number of hydrogen-bond acceptors (Lipinski definition) is 7. The zero-order valence-electron chi connectivity index (χ0n) is 22.6. The summed E-state index contributed by atoms with van der Waals surface area (Å²) in [5.74, 6) is 0.408. The minimum Gasteiger partial charge on any atom is -0.497 e. The molecule has 1 amide bonds. The van der Waals surface area contributed by atoms with E-state index < -0.39 is 10.0 Å². The number of rotatable bonds is 10. The highest BCUT2D eigenvalue weighted by atomic mass is 32.2. The zero-order chi connectivity index (χ0) is 27.1. The van der Waals surface area contributed by atoms with Crippen molar-refractivity contribution in [3.05, 3.63) is 53.1 Å². The summed E-state index contributed by atoms with van der Waals surface area (Å²) < 4.78 is 45.4. The van der Waals surface area contributed by atoms with Crippen LogP contribution in [0.4, 0.5) is 5.69 Å². The summed E-state index contributed by atoms with van der Waals surface area (Å²) in [7, 11) is -2.15.